The van der Waals surface area contributed by atoms with Crippen molar-refractivity contribution in [1.29, 1.82) is 0 Å². The average Bonchev–Trinajstić information content (AvgIpc) is 2.90. The molecule has 5 nitrogen and oxygen atoms in total. The molecule has 0 spiro atoms. The normalized spacial score (nSPS) is 12.0. The first-order chi connectivity index (χ1) is 12.9. The molecule has 0 aliphatic heterocycles. The molecule has 1 heterocycles. The Kier molecular flexibility index (Phi) is 5.88. The lowest BCUT2D eigenvalue weighted by molar-refractivity contribution is -0.885. The summed E-state index contributed by atoms with van der Waals surface area (Å²) in [6.07, 6.45) is 0. The Bertz CT molecular complexity index is 942. The van der Waals surface area contributed by atoms with Crippen molar-refractivity contribution in [2.75, 3.05) is 18.9 Å². The molecule has 0 aliphatic rings. The number of quaternary nitrogens is 1. The van der Waals surface area contributed by atoms with Crippen molar-refractivity contribution in [3.8, 4) is 5.69 Å². The zero-order valence-electron chi connectivity index (χ0n) is 15.2. The quantitative estimate of drug-likeness (QED) is 0.683. The van der Waals surface area contributed by atoms with Gasteiger partial charge in [0.2, 0.25) is 0 Å². The summed E-state index contributed by atoms with van der Waals surface area (Å²) in [5, 5.41) is 7.77. The maximum Gasteiger partial charge on any atom is 0.279 e. The van der Waals surface area contributed by atoms with Crippen molar-refractivity contribution in [3.05, 3.63) is 76.8 Å². The number of carbonyl (C=O) groups is 1. The lowest BCUT2D eigenvalue weighted by Crippen LogP contribution is -3.08. The molecule has 3 aromatic rings. The van der Waals surface area contributed by atoms with Gasteiger partial charge in [-0.25, -0.2) is 9.07 Å². The highest BCUT2D eigenvalue weighted by Gasteiger charge is 2.19. The number of amides is 1. The highest BCUT2D eigenvalue weighted by Crippen LogP contribution is 2.22. The van der Waals surface area contributed by atoms with Gasteiger partial charge in [-0.2, -0.15) is 5.10 Å². The highest BCUT2D eigenvalue weighted by atomic mass is 35.5. The lowest BCUT2D eigenvalue weighted by atomic mass is 10.2. The van der Waals surface area contributed by atoms with Crippen molar-refractivity contribution in [3.63, 3.8) is 0 Å². The Hall–Kier alpha value is -2.70. The van der Waals surface area contributed by atoms with Crippen molar-refractivity contribution >= 4 is 23.2 Å². The first kappa shape index (κ1) is 19.1. The van der Waals surface area contributed by atoms with Crippen LogP contribution in [0.15, 0.2) is 54.6 Å². The Morgan fingerprint density at radius 3 is 2.67 bits per heavy atom. The summed E-state index contributed by atoms with van der Waals surface area (Å²) in [4.78, 5) is 13.2. The zero-order valence-corrected chi connectivity index (χ0v) is 15.9. The summed E-state index contributed by atoms with van der Waals surface area (Å²) in [7, 11) is 1.90. The van der Waals surface area contributed by atoms with Crippen molar-refractivity contribution in [2.45, 2.75) is 13.5 Å². The summed E-state index contributed by atoms with van der Waals surface area (Å²) >= 11 is 6.54. The molecule has 0 radical (unpaired) electrons. The average molecular weight is 388 g/mol. The Morgan fingerprint density at radius 1 is 1.22 bits per heavy atom. The van der Waals surface area contributed by atoms with Gasteiger partial charge in [0.1, 0.15) is 17.5 Å². The van der Waals surface area contributed by atoms with Gasteiger partial charge in [-0.1, -0.05) is 35.9 Å². The molecule has 140 valence electrons. The number of aromatic nitrogens is 2. The van der Waals surface area contributed by atoms with Gasteiger partial charge in [-0.05, 0) is 37.3 Å². The maximum atomic E-state index is 13.2. The maximum absolute atomic E-state index is 13.2. The van der Waals surface area contributed by atoms with E-state index in [4.69, 9.17) is 11.6 Å². The number of carbonyl (C=O) groups excluding carboxylic acids is 1. The number of benzene rings is 2. The van der Waals surface area contributed by atoms with Crippen molar-refractivity contribution in [2.24, 2.45) is 0 Å². The summed E-state index contributed by atoms with van der Waals surface area (Å²) in [6.45, 7) is 2.68. The second-order valence-corrected chi connectivity index (χ2v) is 6.83. The summed E-state index contributed by atoms with van der Waals surface area (Å²) in [6, 6.07) is 15.5. The van der Waals surface area contributed by atoms with Gasteiger partial charge in [0.05, 0.1) is 24.0 Å². The number of nitrogens with zero attached hydrogens (tertiary/aromatic N) is 2. The third-order valence-corrected chi connectivity index (χ3v) is 4.56. The van der Waals surface area contributed by atoms with Gasteiger partial charge in [0, 0.05) is 5.69 Å². The Balaban J connectivity index is 1.66. The van der Waals surface area contributed by atoms with Crippen LogP contribution in [-0.2, 0) is 11.3 Å². The second kappa shape index (κ2) is 8.33. The van der Waals surface area contributed by atoms with Crippen molar-refractivity contribution in [1.82, 2.24) is 9.78 Å². The van der Waals surface area contributed by atoms with E-state index in [1.54, 1.807) is 16.8 Å². The third-order valence-electron chi connectivity index (χ3n) is 4.17. The van der Waals surface area contributed by atoms with Crippen LogP contribution in [0.5, 0.6) is 0 Å². The zero-order chi connectivity index (χ0) is 19.4. The summed E-state index contributed by atoms with van der Waals surface area (Å²) < 4.78 is 14.9. The van der Waals surface area contributed by atoms with Gasteiger partial charge in [0.15, 0.2) is 6.54 Å². The molecular weight excluding hydrogens is 367 g/mol. The van der Waals surface area contributed by atoms with Crippen LogP contribution in [0.4, 0.5) is 10.1 Å². The molecule has 1 aromatic heterocycles. The molecule has 0 fully saturated rings. The fourth-order valence-electron chi connectivity index (χ4n) is 2.88. The van der Waals surface area contributed by atoms with E-state index in [0.29, 0.717) is 17.4 Å². The van der Waals surface area contributed by atoms with Crippen LogP contribution in [0.3, 0.4) is 0 Å². The molecule has 1 amide bonds. The third kappa shape index (κ3) is 4.72. The van der Waals surface area contributed by atoms with E-state index in [-0.39, 0.29) is 18.3 Å². The van der Waals surface area contributed by atoms with Crippen LogP contribution in [0.2, 0.25) is 5.15 Å². The van der Waals surface area contributed by atoms with Crippen LogP contribution < -0.4 is 10.2 Å². The van der Waals surface area contributed by atoms with Crippen LogP contribution in [0, 0.1) is 12.7 Å². The molecule has 3 rings (SSSR count). The van der Waals surface area contributed by atoms with Crippen molar-refractivity contribution < 1.29 is 14.1 Å². The first-order valence-corrected chi connectivity index (χ1v) is 8.98. The molecular formula is C20H21ClFN4O+. The number of halogens is 2. The predicted octanol–water partition coefficient (Wildman–Crippen LogP) is 2.63. The largest absolute Gasteiger partial charge is 0.326 e. The Labute approximate surface area is 162 Å². The molecule has 2 N–H and O–H groups in total. The van der Waals surface area contributed by atoms with E-state index in [9.17, 15) is 9.18 Å². The molecule has 2 aromatic carbocycles. The van der Waals surface area contributed by atoms with Gasteiger partial charge in [-0.3, -0.25) is 4.79 Å². The molecule has 0 saturated carbocycles. The minimum absolute atomic E-state index is 0.192. The number of nitrogens with one attached hydrogen (secondary N) is 2. The second-order valence-electron chi connectivity index (χ2n) is 6.47. The Morgan fingerprint density at radius 2 is 1.96 bits per heavy atom. The van der Waals surface area contributed by atoms with E-state index in [2.05, 4.69) is 10.4 Å². The molecule has 27 heavy (non-hydrogen) atoms. The van der Waals surface area contributed by atoms with Crippen LogP contribution in [0.25, 0.3) is 5.69 Å². The fourth-order valence-corrected chi connectivity index (χ4v) is 3.22. The SMILES string of the molecule is Cc1nn(-c2ccccc2)c(Cl)c1C[NH+](C)CC(=O)Nc1cccc(F)c1. The standard InChI is InChI=1S/C20H20ClFN4O/c1-14-18(20(21)26(24-14)17-9-4-3-5-10-17)12-25(2)13-19(27)23-16-8-6-7-15(22)11-16/h3-11H,12-13H2,1-2H3,(H,23,27)/p+1. The summed E-state index contributed by atoms with van der Waals surface area (Å²) in [5.41, 5.74) is 3.06. The molecule has 0 bridgehead atoms. The molecule has 1 atom stereocenters. The van der Waals surface area contributed by atoms with Gasteiger partial charge < -0.3 is 10.2 Å². The van der Waals surface area contributed by atoms with Gasteiger partial charge >= 0.3 is 0 Å². The van der Waals surface area contributed by atoms with E-state index in [0.717, 1.165) is 21.8 Å². The smallest absolute Gasteiger partial charge is 0.279 e. The monoisotopic (exact) mass is 387 g/mol. The number of hydrogen-bond donors (Lipinski definition) is 2. The van der Waals surface area contributed by atoms with Gasteiger partial charge in [0.25, 0.3) is 5.91 Å². The number of rotatable bonds is 6. The molecule has 7 heteroatoms. The van der Waals surface area contributed by atoms with E-state index in [1.165, 1.54) is 12.1 Å². The number of anilines is 1. The topological polar surface area (TPSA) is 51.4 Å². The lowest BCUT2D eigenvalue weighted by Gasteiger charge is -2.14. The van der Waals surface area contributed by atoms with E-state index in [1.807, 2.05) is 44.3 Å². The van der Waals surface area contributed by atoms with Crippen LogP contribution in [-0.4, -0.2) is 29.3 Å². The number of likely N-dealkylation sites (N-methyl/N-ethyl adjacent to an activating group) is 1. The number of para-hydroxylation sites is 1. The van der Waals surface area contributed by atoms with E-state index < -0.39 is 0 Å². The fraction of sp³-hybridized carbons (Fsp3) is 0.200. The van der Waals surface area contributed by atoms with Crippen LogP contribution >= 0.6 is 11.6 Å². The number of hydrogen-bond acceptors (Lipinski definition) is 2. The minimum Gasteiger partial charge on any atom is -0.326 e. The minimum atomic E-state index is -0.385. The summed E-state index contributed by atoms with van der Waals surface area (Å²) in [5.74, 6) is -0.577. The molecule has 0 saturated heterocycles. The first-order valence-electron chi connectivity index (χ1n) is 8.60. The molecule has 0 aliphatic carbocycles. The molecule has 1 unspecified atom stereocenters. The van der Waals surface area contributed by atoms with E-state index >= 15 is 0 Å². The number of aryl methyl sites for hydroxylation is 1. The van der Waals surface area contributed by atoms with Crippen LogP contribution in [0.1, 0.15) is 11.3 Å². The van der Waals surface area contributed by atoms with Gasteiger partial charge in [-0.15, -0.1) is 0 Å². The highest BCUT2D eigenvalue weighted by molar-refractivity contribution is 6.30. The predicted molar refractivity (Wildman–Crippen MR) is 104 cm³/mol.